The van der Waals surface area contributed by atoms with Crippen molar-refractivity contribution in [3.8, 4) is 17.3 Å². The van der Waals surface area contributed by atoms with Crippen molar-refractivity contribution in [3.05, 3.63) is 42.1 Å². The van der Waals surface area contributed by atoms with Gasteiger partial charge in [0.15, 0.2) is 0 Å². The summed E-state index contributed by atoms with van der Waals surface area (Å²) in [6, 6.07) is 10.5. The molecule has 0 bridgehead atoms. The Bertz CT molecular complexity index is 843. The van der Waals surface area contributed by atoms with Crippen molar-refractivity contribution in [2.24, 2.45) is 5.41 Å². The highest BCUT2D eigenvalue weighted by Gasteiger charge is 2.54. The van der Waals surface area contributed by atoms with E-state index in [9.17, 15) is 18.7 Å². The van der Waals surface area contributed by atoms with Crippen molar-refractivity contribution in [1.29, 1.82) is 5.26 Å². The lowest BCUT2D eigenvalue weighted by Crippen LogP contribution is -2.57. The summed E-state index contributed by atoms with van der Waals surface area (Å²) in [5.74, 6) is -1.10. The van der Waals surface area contributed by atoms with Gasteiger partial charge >= 0.3 is 0 Å². The topological polar surface area (TPSA) is 111 Å². The van der Waals surface area contributed by atoms with Crippen molar-refractivity contribution in [1.82, 2.24) is 15.3 Å². The van der Waals surface area contributed by atoms with Crippen LogP contribution in [0.3, 0.4) is 0 Å². The van der Waals surface area contributed by atoms with Crippen LogP contribution in [0.2, 0.25) is 0 Å². The number of aryl methyl sites for hydroxylation is 1. The lowest BCUT2D eigenvalue weighted by molar-refractivity contribution is -0.183. The zero-order valence-electron chi connectivity index (χ0n) is 14.9. The Balaban J connectivity index is 2.20. The molecule has 0 aliphatic rings. The molecule has 27 heavy (non-hydrogen) atoms. The van der Waals surface area contributed by atoms with Gasteiger partial charge in [-0.25, -0.2) is 14.3 Å². The number of aliphatic hydroxyl groups is 1. The number of aromatic nitrogens is 2. The monoisotopic (exact) mass is 378 g/mol. The zero-order chi connectivity index (χ0) is 20.2. The first-order valence-corrected chi connectivity index (χ1v) is 8.15. The first kappa shape index (κ1) is 20.5. The quantitative estimate of drug-likeness (QED) is 0.506. The molecule has 1 amide bonds. The number of rotatable bonds is 7. The third kappa shape index (κ3) is 3.97. The van der Waals surface area contributed by atoms with E-state index in [0.717, 1.165) is 19.4 Å². The summed E-state index contributed by atoms with van der Waals surface area (Å²) in [4.78, 5) is 12.0. The molecule has 7 nitrogen and oxygen atoms in total. The van der Waals surface area contributed by atoms with Crippen molar-refractivity contribution in [2.75, 3.05) is 0 Å². The molecule has 0 fully saturated rings. The number of carbonyl (C=O) groups is 1. The highest BCUT2D eigenvalue weighted by molar-refractivity contribution is 5.82. The van der Waals surface area contributed by atoms with Crippen LogP contribution < -0.4 is 5.48 Å². The second kappa shape index (κ2) is 7.82. The van der Waals surface area contributed by atoms with Crippen LogP contribution >= 0.6 is 0 Å². The third-order valence-electron chi connectivity index (χ3n) is 4.94. The molecule has 2 rings (SSSR count). The van der Waals surface area contributed by atoms with E-state index in [4.69, 9.17) is 10.5 Å². The molecule has 9 heteroatoms. The number of hydrogen-bond donors (Lipinski definition) is 3. The van der Waals surface area contributed by atoms with E-state index in [1.54, 1.807) is 36.5 Å². The van der Waals surface area contributed by atoms with Crippen molar-refractivity contribution >= 4 is 5.91 Å². The lowest BCUT2D eigenvalue weighted by atomic mass is 9.71. The number of nitrogens with one attached hydrogen (secondary N) is 1. The number of carbonyl (C=O) groups excluding carboxylic acids is 1. The summed E-state index contributed by atoms with van der Waals surface area (Å²) < 4.78 is 28.0. The van der Waals surface area contributed by atoms with Gasteiger partial charge in [-0.3, -0.25) is 14.7 Å². The van der Waals surface area contributed by atoms with Crippen LogP contribution in [0.5, 0.6) is 0 Å². The SMILES string of the molecule is CC(CCn1ccc(-c2ccc(C#N)cc2)n1)(C(=O)NO)C(C)(O)C(F)F. The average Bonchev–Trinajstić information content (AvgIpc) is 3.14. The largest absolute Gasteiger partial charge is 0.383 e. The first-order chi connectivity index (χ1) is 12.7. The van der Waals surface area contributed by atoms with Gasteiger partial charge in [-0.1, -0.05) is 12.1 Å². The molecular formula is C18H20F2N4O3. The van der Waals surface area contributed by atoms with E-state index < -0.39 is 23.3 Å². The first-order valence-electron chi connectivity index (χ1n) is 8.15. The maximum Gasteiger partial charge on any atom is 0.267 e. The number of alkyl halides is 2. The predicted molar refractivity (Wildman–Crippen MR) is 91.7 cm³/mol. The van der Waals surface area contributed by atoms with E-state index in [2.05, 4.69) is 5.10 Å². The number of hydrogen-bond acceptors (Lipinski definition) is 5. The Morgan fingerprint density at radius 2 is 1.96 bits per heavy atom. The second-order valence-electron chi connectivity index (χ2n) is 6.62. The van der Waals surface area contributed by atoms with Gasteiger partial charge in [-0.05, 0) is 38.5 Å². The Labute approximate surface area is 154 Å². The molecule has 3 N–H and O–H groups in total. The number of nitrogens with zero attached hydrogens (tertiary/aromatic N) is 3. The zero-order valence-corrected chi connectivity index (χ0v) is 14.9. The number of halogens is 2. The summed E-state index contributed by atoms with van der Waals surface area (Å²) in [6.07, 6.45) is -1.76. The molecule has 2 unspecified atom stereocenters. The molecule has 1 aromatic heterocycles. The summed E-state index contributed by atoms with van der Waals surface area (Å²) in [5, 5.41) is 32.2. The van der Waals surface area contributed by atoms with E-state index >= 15 is 0 Å². The molecule has 1 heterocycles. The van der Waals surface area contributed by atoms with Crippen molar-refractivity contribution in [2.45, 2.75) is 38.8 Å². The van der Waals surface area contributed by atoms with Gasteiger partial charge < -0.3 is 5.11 Å². The Morgan fingerprint density at radius 3 is 2.48 bits per heavy atom. The molecular weight excluding hydrogens is 358 g/mol. The minimum absolute atomic E-state index is 0.0586. The molecule has 0 saturated carbocycles. The number of benzene rings is 1. The minimum atomic E-state index is -3.19. The molecule has 2 atom stereocenters. The van der Waals surface area contributed by atoms with Gasteiger partial charge in [0.1, 0.15) is 5.60 Å². The number of hydroxylamine groups is 1. The van der Waals surface area contributed by atoms with Crippen molar-refractivity contribution < 1.29 is 23.9 Å². The molecule has 0 aliphatic heterocycles. The smallest absolute Gasteiger partial charge is 0.267 e. The van der Waals surface area contributed by atoms with Crippen LogP contribution in [0.15, 0.2) is 36.5 Å². The highest BCUT2D eigenvalue weighted by atomic mass is 19.3. The summed E-state index contributed by atoms with van der Waals surface area (Å²) in [5.41, 5.74) is -1.36. The molecule has 0 spiro atoms. The van der Waals surface area contributed by atoms with Gasteiger partial charge in [0, 0.05) is 18.3 Å². The van der Waals surface area contributed by atoms with Gasteiger partial charge in [0.05, 0.1) is 22.7 Å². The Morgan fingerprint density at radius 1 is 1.33 bits per heavy atom. The molecule has 1 aromatic carbocycles. The van der Waals surface area contributed by atoms with E-state index in [1.165, 1.54) is 10.2 Å². The number of nitriles is 1. The minimum Gasteiger partial charge on any atom is -0.383 e. The molecule has 0 saturated heterocycles. The second-order valence-corrected chi connectivity index (χ2v) is 6.62. The Hall–Kier alpha value is -2.83. The van der Waals surface area contributed by atoms with Crippen LogP contribution in [-0.2, 0) is 11.3 Å². The van der Waals surface area contributed by atoms with Crippen LogP contribution in [0, 0.1) is 16.7 Å². The summed E-state index contributed by atoms with van der Waals surface area (Å²) in [6.45, 7) is 2.08. The van der Waals surface area contributed by atoms with Gasteiger partial charge in [-0.2, -0.15) is 10.4 Å². The summed E-state index contributed by atoms with van der Waals surface area (Å²) in [7, 11) is 0. The average molecular weight is 378 g/mol. The van der Waals surface area contributed by atoms with Crippen LogP contribution in [0.4, 0.5) is 8.78 Å². The standard InChI is InChI=1S/C18H20F2N4O3/c1-17(16(25)23-27,18(2,26)15(19)20)8-10-24-9-7-14(22-24)13-5-3-12(11-21)4-6-13/h3-7,9,15,26-27H,8,10H2,1-2H3,(H,23,25). The highest BCUT2D eigenvalue weighted by Crippen LogP contribution is 2.39. The molecule has 0 radical (unpaired) electrons. The maximum atomic E-state index is 13.3. The Kier molecular flexibility index (Phi) is 5.93. The fraction of sp³-hybridized carbons (Fsp3) is 0.389. The fourth-order valence-corrected chi connectivity index (χ4v) is 2.65. The molecule has 144 valence electrons. The predicted octanol–water partition coefficient (Wildman–Crippen LogP) is 2.34. The van der Waals surface area contributed by atoms with Gasteiger partial charge in [-0.15, -0.1) is 0 Å². The van der Waals surface area contributed by atoms with E-state index in [-0.39, 0.29) is 13.0 Å². The van der Waals surface area contributed by atoms with Gasteiger partial charge in [0.25, 0.3) is 12.3 Å². The van der Waals surface area contributed by atoms with Crippen LogP contribution in [0.25, 0.3) is 11.3 Å². The normalized spacial score (nSPS) is 15.6. The van der Waals surface area contributed by atoms with E-state index in [1.807, 2.05) is 6.07 Å². The van der Waals surface area contributed by atoms with E-state index in [0.29, 0.717) is 11.3 Å². The van der Waals surface area contributed by atoms with Crippen LogP contribution in [-0.4, -0.2) is 38.0 Å². The lowest BCUT2D eigenvalue weighted by Gasteiger charge is -2.40. The molecule has 2 aromatic rings. The summed E-state index contributed by atoms with van der Waals surface area (Å²) >= 11 is 0. The fourth-order valence-electron chi connectivity index (χ4n) is 2.65. The maximum absolute atomic E-state index is 13.3. The molecule has 0 aliphatic carbocycles. The number of amides is 1. The third-order valence-corrected chi connectivity index (χ3v) is 4.94. The van der Waals surface area contributed by atoms with Gasteiger partial charge in [0.2, 0.25) is 0 Å². The van der Waals surface area contributed by atoms with Crippen molar-refractivity contribution in [3.63, 3.8) is 0 Å². The van der Waals surface area contributed by atoms with Crippen LogP contribution in [0.1, 0.15) is 25.8 Å².